The minimum Gasteiger partial charge on any atom is -0.285 e. The van der Waals surface area contributed by atoms with Gasteiger partial charge in [0.1, 0.15) is 5.02 Å². The van der Waals surface area contributed by atoms with E-state index in [1.165, 1.54) is 22.8 Å². The molecule has 1 aliphatic rings. The third-order valence-electron chi connectivity index (χ3n) is 4.45. The number of nitrogens with zero attached hydrogens (tertiary/aromatic N) is 3. The van der Waals surface area contributed by atoms with E-state index in [0.717, 1.165) is 10.3 Å². The minimum absolute atomic E-state index is 0.0656. The van der Waals surface area contributed by atoms with Crippen LogP contribution >= 0.6 is 11.6 Å². The Morgan fingerprint density at radius 3 is 2.81 bits per heavy atom. The number of rotatable bonds is 2. The van der Waals surface area contributed by atoms with Gasteiger partial charge < -0.3 is 0 Å². The SMILES string of the molecule is N#Cc1ccc2c(c1)N(S(=O)(=O)c1cccc3c[n+](O)cc(Cl)c13)CC2. The molecule has 1 aliphatic heterocycles. The Kier molecular flexibility index (Phi) is 3.75. The monoisotopic (exact) mass is 386 g/mol. The highest BCUT2D eigenvalue weighted by Crippen LogP contribution is 2.37. The fourth-order valence-electron chi connectivity index (χ4n) is 3.27. The summed E-state index contributed by atoms with van der Waals surface area (Å²) in [5.41, 5.74) is 1.81. The van der Waals surface area contributed by atoms with Gasteiger partial charge in [-0.25, -0.2) is 8.42 Å². The molecule has 4 rings (SSSR count). The standard InChI is InChI=1S/C18H13ClN3O3S/c19-15-11-21(23)10-14-2-1-3-17(18(14)15)26(24,25)22-7-6-13-5-4-12(9-20)8-16(13)22/h1-5,8,10-11,23H,6-7H2/q+1. The molecular weight excluding hydrogens is 374 g/mol. The van der Waals surface area contributed by atoms with Crippen LogP contribution in [0.1, 0.15) is 11.1 Å². The average Bonchev–Trinajstić information content (AvgIpc) is 3.04. The number of nitriles is 1. The van der Waals surface area contributed by atoms with E-state index in [4.69, 9.17) is 16.9 Å². The molecule has 0 spiro atoms. The number of sulfonamides is 1. The van der Waals surface area contributed by atoms with Crippen molar-refractivity contribution in [3.8, 4) is 6.07 Å². The number of benzene rings is 2. The normalized spacial score (nSPS) is 13.6. The second-order valence-electron chi connectivity index (χ2n) is 5.99. The van der Waals surface area contributed by atoms with Crippen molar-refractivity contribution in [3.63, 3.8) is 0 Å². The summed E-state index contributed by atoms with van der Waals surface area (Å²) in [5.74, 6) is 0. The number of pyridine rings is 1. The van der Waals surface area contributed by atoms with Crippen LogP contribution in [0, 0.1) is 11.3 Å². The van der Waals surface area contributed by atoms with Crippen LogP contribution in [0.4, 0.5) is 5.69 Å². The molecular formula is C18H13ClN3O3S+. The van der Waals surface area contributed by atoms with E-state index in [0.29, 0.717) is 35.0 Å². The maximum absolute atomic E-state index is 13.4. The fraction of sp³-hybridized carbons (Fsp3) is 0.111. The highest BCUT2D eigenvalue weighted by Gasteiger charge is 2.33. The van der Waals surface area contributed by atoms with E-state index in [2.05, 4.69) is 0 Å². The lowest BCUT2D eigenvalue weighted by molar-refractivity contribution is -0.903. The lowest BCUT2D eigenvalue weighted by Crippen LogP contribution is -2.31. The molecule has 0 bridgehead atoms. The van der Waals surface area contributed by atoms with E-state index in [1.54, 1.807) is 30.3 Å². The van der Waals surface area contributed by atoms with Crippen LogP contribution < -0.4 is 9.04 Å². The Morgan fingerprint density at radius 2 is 2.04 bits per heavy atom. The van der Waals surface area contributed by atoms with Gasteiger partial charge in [-0.15, -0.1) is 0 Å². The summed E-state index contributed by atoms with van der Waals surface area (Å²) < 4.78 is 28.8. The van der Waals surface area contributed by atoms with Gasteiger partial charge in [-0.3, -0.25) is 9.51 Å². The number of halogens is 1. The number of aromatic nitrogens is 1. The molecule has 0 amide bonds. The van der Waals surface area contributed by atoms with Crippen molar-refractivity contribution in [2.75, 3.05) is 10.8 Å². The summed E-state index contributed by atoms with van der Waals surface area (Å²) in [6, 6.07) is 11.9. The van der Waals surface area contributed by atoms with Crippen molar-refractivity contribution in [1.29, 1.82) is 5.26 Å². The van der Waals surface area contributed by atoms with Gasteiger partial charge in [0.15, 0.2) is 0 Å². The third kappa shape index (κ3) is 2.46. The van der Waals surface area contributed by atoms with Crippen molar-refractivity contribution in [2.24, 2.45) is 0 Å². The highest BCUT2D eigenvalue weighted by molar-refractivity contribution is 7.93. The van der Waals surface area contributed by atoms with Gasteiger partial charge in [0, 0.05) is 16.7 Å². The molecule has 2 heterocycles. The molecule has 3 aromatic rings. The first-order chi connectivity index (χ1) is 12.4. The Bertz CT molecular complexity index is 1200. The number of hydrogen-bond donors (Lipinski definition) is 1. The van der Waals surface area contributed by atoms with Crippen molar-refractivity contribution in [3.05, 3.63) is 64.9 Å². The molecule has 6 nitrogen and oxygen atoms in total. The first-order valence-electron chi connectivity index (χ1n) is 7.80. The van der Waals surface area contributed by atoms with Gasteiger partial charge in [-0.05, 0) is 36.2 Å². The lowest BCUT2D eigenvalue weighted by atomic mass is 10.1. The van der Waals surface area contributed by atoms with Crippen molar-refractivity contribution in [2.45, 2.75) is 11.3 Å². The molecule has 0 aliphatic carbocycles. The molecule has 0 fully saturated rings. The number of fused-ring (bicyclic) bond motifs is 2. The molecule has 0 saturated heterocycles. The summed E-state index contributed by atoms with van der Waals surface area (Å²) >= 11 is 6.22. The number of hydrogen-bond acceptors (Lipinski definition) is 4. The van der Waals surface area contributed by atoms with Gasteiger partial charge in [0.2, 0.25) is 12.4 Å². The minimum atomic E-state index is -3.89. The topological polar surface area (TPSA) is 85.3 Å². The quantitative estimate of drug-likeness (QED) is 0.542. The van der Waals surface area contributed by atoms with Gasteiger partial charge in [-0.1, -0.05) is 23.7 Å². The smallest absolute Gasteiger partial charge is 0.265 e. The molecule has 1 N–H and O–H groups in total. The lowest BCUT2D eigenvalue weighted by Gasteiger charge is -2.20. The van der Waals surface area contributed by atoms with Crippen LogP contribution in [0.25, 0.3) is 10.8 Å². The zero-order chi connectivity index (χ0) is 18.5. The van der Waals surface area contributed by atoms with Crippen LogP contribution in [0.2, 0.25) is 5.02 Å². The second kappa shape index (κ2) is 5.87. The van der Waals surface area contributed by atoms with E-state index >= 15 is 0 Å². The number of anilines is 1. The van der Waals surface area contributed by atoms with Gasteiger partial charge in [-0.2, -0.15) is 5.26 Å². The molecule has 8 heteroatoms. The molecule has 0 radical (unpaired) electrons. The average molecular weight is 387 g/mol. The summed E-state index contributed by atoms with van der Waals surface area (Å²) in [5, 5.41) is 19.8. The molecule has 26 heavy (non-hydrogen) atoms. The van der Waals surface area contributed by atoms with Crippen LogP contribution in [-0.2, 0) is 16.4 Å². The van der Waals surface area contributed by atoms with Gasteiger partial charge in [0.25, 0.3) is 10.0 Å². The molecule has 0 unspecified atom stereocenters. The first-order valence-corrected chi connectivity index (χ1v) is 9.62. The maximum atomic E-state index is 13.4. The maximum Gasteiger partial charge on any atom is 0.265 e. The predicted molar refractivity (Wildman–Crippen MR) is 95.7 cm³/mol. The van der Waals surface area contributed by atoms with Crippen molar-refractivity contribution in [1.82, 2.24) is 0 Å². The Hall–Kier alpha value is -2.82. The Balaban J connectivity index is 1.93. The summed E-state index contributed by atoms with van der Waals surface area (Å²) in [4.78, 5) is 0.0656. The summed E-state index contributed by atoms with van der Waals surface area (Å²) in [6.07, 6.45) is 3.22. The molecule has 1 aromatic heterocycles. The zero-order valence-corrected chi connectivity index (χ0v) is 15.0. The van der Waals surface area contributed by atoms with Crippen LogP contribution in [-0.4, -0.2) is 20.2 Å². The summed E-state index contributed by atoms with van der Waals surface area (Å²) in [6.45, 7) is 0.299. The van der Waals surface area contributed by atoms with Crippen molar-refractivity contribution < 1.29 is 18.4 Å². The molecule has 130 valence electrons. The zero-order valence-electron chi connectivity index (χ0n) is 13.4. The van der Waals surface area contributed by atoms with E-state index in [9.17, 15) is 13.6 Å². The van der Waals surface area contributed by atoms with E-state index in [1.807, 2.05) is 6.07 Å². The van der Waals surface area contributed by atoms with Crippen LogP contribution in [0.15, 0.2) is 53.7 Å². The van der Waals surface area contributed by atoms with Crippen LogP contribution in [0.5, 0.6) is 0 Å². The summed E-state index contributed by atoms with van der Waals surface area (Å²) in [7, 11) is -3.89. The van der Waals surface area contributed by atoms with Crippen LogP contribution in [0.3, 0.4) is 0 Å². The molecule has 0 saturated carbocycles. The van der Waals surface area contributed by atoms with Gasteiger partial charge in [0.05, 0.1) is 27.6 Å². The van der Waals surface area contributed by atoms with E-state index in [-0.39, 0.29) is 9.92 Å². The predicted octanol–water partition coefficient (Wildman–Crippen LogP) is 2.64. The Morgan fingerprint density at radius 1 is 1.23 bits per heavy atom. The molecule has 0 atom stereocenters. The Labute approximate surface area is 155 Å². The van der Waals surface area contributed by atoms with Gasteiger partial charge >= 0.3 is 0 Å². The fourth-order valence-corrected chi connectivity index (χ4v) is 5.38. The highest BCUT2D eigenvalue weighted by atomic mass is 35.5. The van der Waals surface area contributed by atoms with E-state index < -0.39 is 10.0 Å². The van der Waals surface area contributed by atoms with Crippen molar-refractivity contribution >= 4 is 38.1 Å². The largest absolute Gasteiger partial charge is 0.285 e. The third-order valence-corrected chi connectivity index (χ3v) is 6.59. The first kappa shape index (κ1) is 16.6. The second-order valence-corrected chi connectivity index (χ2v) is 8.23. The molecule has 2 aromatic carbocycles.